The number of carbonyl (C=O) groups is 1. The van der Waals surface area contributed by atoms with Crippen molar-refractivity contribution in [1.82, 2.24) is 9.78 Å². The van der Waals surface area contributed by atoms with Crippen molar-refractivity contribution in [3.63, 3.8) is 0 Å². The molecule has 0 aliphatic carbocycles. The van der Waals surface area contributed by atoms with Crippen LogP contribution in [0.3, 0.4) is 0 Å². The summed E-state index contributed by atoms with van der Waals surface area (Å²) in [4.78, 5) is 12.6. The molecule has 0 fully saturated rings. The monoisotopic (exact) mass is 458 g/mol. The Labute approximate surface area is 183 Å². The molecule has 0 saturated carbocycles. The Bertz CT molecular complexity index is 1180. The standard InChI is InChI=1S/C25H19BrN2O2/c1-30-23-14-9-19(10-15-23)25-20(17-28(27-25)22-5-3-2-4-6-22)11-16-24(29)18-7-12-21(26)13-8-18/h2-17H,1H3. The van der Waals surface area contributed by atoms with Gasteiger partial charge in [0.2, 0.25) is 0 Å². The molecular formula is C25H19BrN2O2. The van der Waals surface area contributed by atoms with Gasteiger partial charge in [-0.2, -0.15) is 5.10 Å². The average molecular weight is 459 g/mol. The van der Waals surface area contributed by atoms with E-state index in [1.807, 2.05) is 83.7 Å². The normalized spacial score (nSPS) is 11.0. The number of allylic oxidation sites excluding steroid dienone is 1. The summed E-state index contributed by atoms with van der Waals surface area (Å²) in [6.45, 7) is 0. The Kier molecular flexibility index (Phi) is 5.91. The highest BCUT2D eigenvalue weighted by Gasteiger charge is 2.11. The summed E-state index contributed by atoms with van der Waals surface area (Å²) in [5.74, 6) is 0.722. The highest BCUT2D eigenvalue weighted by Crippen LogP contribution is 2.27. The van der Waals surface area contributed by atoms with Gasteiger partial charge in [-0.1, -0.05) is 34.1 Å². The number of hydrogen-bond donors (Lipinski definition) is 0. The van der Waals surface area contributed by atoms with Gasteiger partial charge in [-0.3, -0.25) is 4.79 Å². The largest absolute Gasteiger partial charge is 0.497 e. The van der Waals surface area contributed by atoms with Gasteiger partial charge in [0.05, 0.1) is 18.5 Å². The number of nitrogens with zero attached hydrogens (tertiary/aromatic N) is 2. The molecule has 5 heteroatoms. The molecule has 3 aromatic carbocycles. The van der Waals surface area contributed by atoms with Crippen LogP contribution < -0.4 is 4.74 Å². The number of benzene rings is 3. The average Bonchev–Trinajstić information content (AvgIpc) is 3.23. The van der Waals surface area contributed by atoms with Crippen LogP contribution in [0, 0.1) is 0 Å². The lowest BCUT2D eigenvalue weighted by molar-refractivity contribution is 0.104. The third-order valence-electron chi connectivity index (χ3n) is 4.67. The second-order valence-corrected chi connectivity index (χ2v) is 7.56. The molecule has 0 aliphatic rings. The van der Waals surface area contributed by atoms with Crippen molar-refractivity contribution in [2.24, 2.45) is 0 Å². The molecule has 1 heterocycles. The van der Waals surface area contributed by atoms with Crippen molar-refractivity contribution in [3.05, 3.63) is 107 Å². The van der Waals surface area contributed by atoms with Crippen molar-refractivity contribution in [2.75, 3.05) is 7.11 Å². The maximum Gasteiger partial charge on any atom is 0.185 e. The number of halogens is 1. The molecule has 1 aromatic heterocycles. The van der Waals surface area contributed by atoms with Crippen LogP contribution in [0.2, 0.25) is 0 Å². The predicted molar refractivity (Wildman–Crippen MR) is 123 cm³/mol. The van der Waals surface area contributed by atoms with Crippen molar-refractivity contribution in [3.8, 4) is 22.7 Å². The third-order valence-corrected chi connectivity index (χ3v) is 5.20. The summed E-state index contributed by atoms with van der Waals surface area (Å²) in [5, 5.41) is 4.78. The first kappa shape index (κ1) is 19.9. The molecule has 0 radical (unpaired) electrons. The fourth-order valence-corrected chi connectivity index (χ4v) is 3.34. The summed E-state index contributed by atoms with van der Waals surface area (Å²) in [7, 11) is 1.64. The minimum absolute atomic E-state index is 0.0596. The van der Waals surface area contributed by atoms with Crippen LogP contribution >= 0.6 is 15.9 Å². The Morgan fingerprint density at radius 2 is 1.67 bits per heavy atom. The van der Waals surface area contributed by atoms with Crippen molar-refractivity contribution >= 4 is 27.8 Å². The van der Waals surface area contributed by atoms with Crippen LogP contribution in [-0.2, 0) is 0 Å². The lowest BCUT2D eigenvalue weighted by Gasteiger charge is -2.02. The summed E-state index contributed by atoms with van der Waals surface area (Å²) in [6, 6.07) is 24.9. The Hall–Kier alpha value is -3.44. The van der Waals surface area contributed by atoms with E-state index in [1.54, 1.807) is 25.3 Å². The smallest absolute Gasteiger partial charge is 0.185 e. The second-order valence-electron chi connectivity index (χ2n) is 6.65. The van der Waals surface area contributed by atoms with E-state index in [-0.39, 0.29) is 5.78 Å². The third kappa shape index (κ3) is 4.42. The number of aromatic nitrogens is 2. The molecule has 148 valence electrons. The highest BCUT2D eigenvalue weighted by molar-refractivity contribution is 9.10. The summed E-state index contributed by atoms with van der Waals surface area (Å²) in [6.07, 6.45) is 5.33. The van der Waals surface area contributed by atoms with E-state index in [0.717, 1.165) is 32.7 Å². The Balaban J connectivity index is 1.71. The van der Waals surface area contributed by atoms with Crippen LogP contribution in [0.15, 0.2) is 95.6 Å². The van der Waals surface area contributed by atoms with E-state index in [1.165, 1.54) is 0 Å². The van der Waals surface area contributed by atoms with E-state index in [0.29, 0.717) is 5.56 Å². The van der Waals surface area contributed by atoms with E-state index in [4.69, 9.17) is 9.84 Å². The SMILES string of the molecule is COc1ccc(-c2nn(-c3ccccc3)cc2C=CC(=O)c2ccc(Br)cc2)cc1. The summed E-state index contributed by atoms with van der Waals surface area (Å²) in [5.41, 5.74) is 4.18. The van der Waals surface area contributed by atoms with Crippen LogP contribution in [0.5, 0.6) is 5.75 Å². The van der Waals surface area contributed by atoms with Gasteiger partial charge in [0.25, 0.3) is 0 Å². The van der Waals surface area contributed by atoms with Gasteiger partial charge in [0.1, 0.15) is 5.75 Å². The van der Waals surface area contributed by atoms with Crippen LogP contribution in [0.4, 0.5) is 0 Å². The zero-order valence-corrected chi connectivity index (χ0v) is 17.9. The fraction of sp³-hybridized carbons (Fsp3) is 0.0400. The van der Waals surface area contributed by atoms with E-state index < -0.39 is 0 Å². The van der Waals surface area contributed by atoms with Crippen molar-refractivity contribution in [1.29, 1.82) is 0 Å². The fourth-order valence-electron chi connectivity index (χ4n) is 3.07. The molecule has 0 amide bonds. The van der Waals surface area contributed by atoms with Gasteiger partial charge in [-0.25, -0.2) is 4.68 Å². The van der Waals surface area contributed by atoms with E-state index in [9.17, 15) is 4.79 Å². The number of ether oxygens (including phenoxy) is 1. The van der Waals surface area contributed by atoms with Crippen molar-refractivity contribution in [2.45, 2.75) is 0 Å². The maximum atomic E-state index is 12.6. The number of methoxy groups -OCH3 is 1. The molecule has 0 spiro atoms. The minimum Gasteiger partial charge on any atom is -0.497 e. The lowest BCUT2D eigenvalue weighted by Crippen LogP contribution is -1.94. The predicted octanol–water partition coefficient (Wildman–Crippen LogP) is 6.21. The Morgan fingerprint density at radius 1 is 0.967 bits per heavy atom. The minimum atomic E-state index is -0.0596. The molecule has 0 aliphatic heterocycles. The molecule has 0 N–H and O–H groups in total. The van der Waals surface area contributed by atoms with Gasteiger partial charge in [-0.05, 0) is 72.8 Å². The number of rotatable bonds is 6. The topological polar surface area (TPSA) is 44.1 Å². The number of para-hydroxylation sites is 1. The first-order valence-electron chi connectivity index (χ1n) is 9.41. The van der Waals surface area contributed by atoms with Gasteiger partial charge in [0.15, 0.2) is 5.78 Å². The molecule has 4 rings (SSSR count). The zero-order chi connectivity index (χ0) is 20.9. The maximum absolute atomic E-state index is 12.6. The van der Waals surface area contributed by atoms with Crippen LogP contribution in [0.1, 0.15) is 15.9 Å². The van der Waals surface area contributed by atoms with E-state index >= 15 is 0 Å². The molecule has 4 aromatic rings. The molecule has 0 bridgehead atoms. The molecule has 30 heavy (non-hydrogen) atoms. The van der Waals surface area contributed by atoms with Gasteiger partial charge in [-0.15, -0.1) is 0 Å². The summed E-state index contributed by atoms with van der Waals surface area (Å²) >= 11 is 3.39. The first-order chi connectivity index (χ1) is 14.6. The first-order valence-corrected chi connectivity index (χ1v) is 10.2. The van der Waals surface area contributed by atoms with Gasteiger partial charge in [0, 0.05) is 27.4 Å². The molecule has 4 nitrogen and oxygen atoms in total. The van der Waals surface area contributed by atoms with Crippen LogP contribution in [0.25, 0.3) is 23.0 Å². The number of hydrogen-bond acceptors (Lipinski definition) is 3. The summed E-state index contributed by atoms with van der Waals surface area (Å²) < 4.78 is 8.02. The lowest BCUT2D eigenvalue weighted by atomic mass is 10.1. The quantitative estimate of drug-likeness (QED) is 0.255. The molecule has 0 unspecified atom stereocenters. The zero-order valence-electron chi connectivity index (χ0n) is 16.3. The van der Waals surface area contributed by atoms with E-state index in [2.05, 4.69) is 15.9 Å². The molecule has 0 atom stereocenters. The highest BCUT2D eigenvalue weighted by atomic mass is 79.9. The van der Waals surface area contributed by atoms with Gasteiger partial charge >= 0.3 is 0 Å². The number of carbonyl (C=O) groups excluding carboxylic acids is 1. The molecule has 0 saturated heterocycles. The molecular weight excluding hydrogens is 440 g/mol. The van der Waals surface area contributed by atoms with Crippen molar-refractivity contribution < 1.29 is 9.53 Å². The number of ketones is 1. The van der Waals surface area contributed by atoms with Crippen LogP contribution in [-0.4, -0.2) is 22.7 Å². The second kappa shape index (κ2) is 8.93. The van der Waals surface area contributed by atoms with Gasteiger partial charge < -0.3 is 4.74 Å². The Morgan fingerprint density at radius 3 is 2.33 bits per heavy atom.